The third-order valence-corrected chi connectivity index (χ3v) is 4.24. The predicted molar refractivity (Wildman–Crippen MR) is 99.1 cm³/mol. The lowest BCUT2D eigenvalue weighted by Crippen LogP contribution is -2.34. The number of benzene rings is 1. The van der Waals surface area contributed by atoms with Crippen LogP contribution in [0, 0.1) is 13.8 Å². The molecule has 3 rings (SSSR count). The molecule has 1 aromatic carbocycles. The zero-order valence-corrected chi connectivity index (χ0v) is 15.6. The highest BCUT2D eigenvalue weighted by atomic mass is 16.5. The molecule has 7 nitrogen and oxygen atoms in total. The van der Waals surface area contributed by atoms with Crippen LogP contribution in [-0.2, 0) is 16.1 Å². The Bertz CT molecular complexity index is 966. The van der Waals surface area contributed by atoms with Gasteiger partial charge in [0.1, 0.15) is 0 Å². The monoisotopic (exact) mass is 367 g/mol. The van der Waals surface area contributed by atoms with Crippen molar-refractivity contribution >= 4 is 23.0 Å². The molecule has 0 fully saturated rings. The molecule has 0 unspecified atom stereocenters. The van der Waals surface area contributed by atoms with Crippen LogP contribution >= 0.6 is 0 Å². The smallest absolute Gasteiger partial charge is 0.339 e. The molecule has 0 atom stereocenters. The van der Waals surface area contributed by atoms with Gasteiger partial charge in [0.25, 0.3) is 11.6 Å². The summed E-state index contributed by atoms with van der Waals surface area (Å²) in [5, 5.41) is 4.35. The molecule has 0 bridgehead atoms. The van der Waals surface area contributed by atoms with Crippen molar-refractivity contribution in [3.63, 3.8) is 0 Å². The van der Waals surface area contributed by atoms with Gasteiger partial charge in [0.15, 0.2) is 6.61 Å². The van der Waals surface area contributed by atoms with E-state index in [2.05, 4.69) is 10.1 Å². The molecule has 0 saturated carbocycles. The Morgan fingerprint density at radius 2 is 1.93 bits per heavy atom. The van der Waals surface area contributed by atoms with Crippen LogP contribution < -0.4 is 0 Å². The minimum Gasteiger partial charge on any atom is -0.452 e. The number of carbonyl (C=O) groups is 2. The van der Waals surface area contributed by atoms with Crippen LogP contribution in [0.3, 0.4) is 0 Å². The maximum Gasteiger partial charge on any atom is 0.339 e. The van der Waals surface area contributed by atoms with Gasteiger partial charge in [0.05, 0.1) is 16.6 Å². The van der Waals surface area contributed by atoms with Crippen LogP contribution in [-0.4, -0.2) is 40.1 Å². The van der Waals surface area contributed by atoms with E-state index in [1.54, 1.807) is 24.8 Å². The molecular formula is C20H21N3O4. The summed E-state index contributed by atoms with van der Waals surface area (Å²) in [4.78, 5) is 30.9. The number of hydrogen-bond donors (Lipinski definition) is 0. The fourth-order valence-electron chi connectivity index (χ4n) is 2.86. The van der Waals surface area contributed by atoms with E-state index in [0.717, 1.165) is 5.56 Å². The summed E-state index contributed by atoms with van der Waals surface area (Å²) in [5.41, 5.74) is 2.76. The van der Waals surface area contributed by atoms with Gasteiger partial charge in [-0.2, -0.15) is 0 Å². The quantitative estimate of drug-likeness (QED) is 0.623. The van der Waals surface area contributed by atoms with Crippen molar-refractivity contribution in [3.8, 4) is 0 Å². The van der Waals surface area contributed by atoms with E-state index in [-0.39, 0.29) is 18.2 Å². The Balaban J connectivity index is 1.70. The summed E-state index contributed by atoms with van der Waals surface area (Å²) < 4.78 is 10.4. The van der Waals surface area contributed by atoms with Crippen molar-refractivity contribution in [2.24, 2.45) is 0 Å². The first-order valence-electron chi connectivity index (χ1n) is 8.72. The highest BCUT2D eigenvalue weighted by molar-refractivity contribution is 6.03. The number of nitrogens with zero attached hydrogens (tertiary/aromatic N) is 3. The average molecular weight is 367 g/mol. The Kier molecular flexibility index (Phi) is 5.49. The number of carbonyl (C=O) groups excluding carboxylic acids is 2. The molecule has 0 N–H and O–H groups in total. The van der Waals surface area contributed by atoms with E-state index in [4.69, 9.17) is 9.26 Å². The number of hydrogen-bond acceptors (Lipinski definition) is 6. The maximum absolute atomic E-state index is 12.5. The SMILES string of the molecule is CCN(Cc1ccccc1)C(=O)COC(=O)c1cc(C)nc2onc(C)c12. The van der Waals surface area contributed by atoms with Crippen LogP contribution in [0.15, 0.2) is 40.9 Å². The molecule has 7 heteroatoms. The van der Waals surface area contributed by atoms with E-state index < -0.39 is 5.97 Å². The Morgan fingerprint density at radius 3 is 2.63 bits per heavy atom. The van der Waals surface area contributed by atoms with E-state index in [0.29, 0.717) is 35.4 Å². The fourth-order valence-corrected chi connectivity index (χ4v) is 2.86. The molecule has 0 aliphatic heterocycles. The van der Waals surface area contributed by atoms with Crippen LogP contribution in [0.25, 0.3) is 11.1 Å². The molecule has 0 aliphatic rings. The lowest BCUT2D eigenvalue weighted by molar-refractivity contribution is -0.134. The van der Waals surface area contributed by atoms with Crippen molar-refractivity contribution in [2.75, 3.05) is 13.2 Å². The molecule has 1 amide bonds. The van der Waals surface area contributed by atoms with Crippen LogP contribution in [0.2, 0.25) is 0 Å². The first kappa shape index (κ1) is 18.6. The van der Waals surface area contributed by atoms with Gasteiger partial charge >= 0.3 is 5.97 Å². The molecule has 0 saturated heterocycles. The summed E-state index contributed by atoms with van der Waals surface area (Å²) in [6, 6.07) is 11.3. The number of aromatic nitrogens is 2. The highest BCUT2D eigenvalue weighted by Gasteiger charge is 2.21. The zero-order chi connectivity index (χ0) is 19.4. The van der Waals surface area contributed by atoms with Gasteiger partial charge < -0.3 is 14.2 Å². The van der Waals surface area contributed by atoms with Gasteiger partial charge in [-0.25, -0.2) is 9.78 Å². The normalized spacial score (nSPS) is 10.8. The number of esters is 1. The molecule has 2 heterocycles. The van der Waals surface area contributed by atoms with E-state index in [1.807, 2.05) is 37.3 Å². The van der Waals surface area contributed by atoms with Gasteiger partial charge in [-0.3, -0.25) is 4.79 Å². The first-order chi connectivity index (χ1) is 13.0. The number of amides is 1. The number of rotatable bonds is 6. The van der Waals surface area contributed by atoms with Crippen molar-refractivity contribution in [2.45, 2.75) is 27.3 Å². The maximum atomic E-state index is 12.5. The minimum absolute atomic E-state index is 0.251. The third-order valence-electron chi connectivity index (χ3n) is 4.24. The van der Waals surface area contributed by atoms with E-state index in [1.165, 1.54) is 0 Å². The van der Waals surface area contributed by atoms with Crippen molar-refractivity contribution in [1.82, 2.24) is 15.0 Å². The number of fused-ring (bicyclic) bond motifs is 1. The van der Waals surface area contributed by atoms with Crippen molar-refractivity contribution in [1.29, 1.82) is 0 Å². The van der Waals surface area contributed by atoms with Gasteiger partial charge in [0, 0.05) is 18.8 Å². The van der Waals surface area contributed by atoms with Crippen molar-refractivity contribution < 1.29 is 18.8 Å². The average Bonchev–Trinajstić information content (AvgIpc) is 3.04. The summed E-state index contributed by atoms with van der Waals surface area (Å²) in [6.07, 6.45) is 0. The Morgan fingerprint density at radius 1 is 1.19 bits per heavy atom. The topological polar surface area (TPSA) is 85.5 Å². The van der Waals surface area contributed by atoms with Crippen LogP contribution in [0.5, 0.6) is 0 Å². The second-order valence-corrected chi connectivity index (χ2v) is 6.23. The standard InChI is InChI=1S/C20H21N3O4/c1-4-23(11-15-8-6-5-7-9-15)17(24)12-26-20(25)16-10-13(2)21-19-18(16)14(3)22-27-19/h5-10H,4,11-12H2,1-3H3. The number of ether oxygens (including phenoxy) is 1. The molecule has 140 valence electrons. The lowest BCUT2D eigenvalue weighted by atomic mass is 10.1. The molecule has 2 aromatic heterocycles. The number of aryl methyl sites for hydroxylation is 2. The number of likely N-dealkylation sites (N-methyl/N-ethyl adjacent to an activating group) is 1. The third kappa shape index (κ3) is 4.13. The number of pyridine rings is 1. The fraction of sp³-hybridized carbons (Fsp3) is 0.300. The van der Waals surface area contributed by atoms with Crippen molar-refractivity contribution in [3.05, 3.63) is 58.9 Å². The molecular weight excluding hydrogens is 346 g/mol. The summed E-state index contributed by atoms with van der Waals surface area (Å²) in [5.74, 6) is -0.848. The summed E-state index contributed by atoms with van der Waals surface area (Å²) in [7, 11) is 0. The predicted octanol–water partition coefficient (Wildman–Crippen LogP) is 3.05. The van der Waals surface area contributed by atoms with Gasteiger partial charge in [-0.05, 0) is 32.4 Å². The van der Waals surface area contributed by atoms with Gasteiger partial charge in [-0.1, -0.05) is 35.5 Å². The van der Waals surface area contributed by atoms with Crippen LogP contribution in [0.1, 0.15) is 34.2 Å². The molecule has 27 heavy (non-hydrogen) atoms. The lowest BCUT2D eigenvalue weighted by Gasteiger charge is -2.20. The molecule has 0 aliphatic carbocycles. The minimum atomic E-state index is -0.596. The first-order valence-corrected chi connectivity index (χ1v) is 8.72. The summed E-state index contributed by atoms with van der Waals surface area (Å²) in [6.45, 7) is 6.03. The second kappa shape index (κ2) is 7.99. The molecule has 0 spiro atoms. The highest BCUT2D eigenvalue weighted by Crippen LogP contribution is 2.22. The zero-order valence-electron chi connectivity index (χ0n) is 15.6. The van der Waals surface area contributed by atoms with Crippen LogP contribution in [0.4, 0.5) is 0 Å². The van der Waals surface area contributed by atoms with E-state index in [9.17, 15) is 9.59 Å². The van der Waals surface area contributed by atoms with Gasteiger partial charge in [0.2, 0.25) is 0 Å². The van der Waals surface area contributed by atoms with E-state index >= 15 is 0 Å². The van der Waals surface area contributed by atoms with Gasteiger partial charge in [-0.15, -0.1) is 0 Å². The molecule has 3 aromatic rings. The Hall–Kier alpha value is -3.22. The Labute approximate surface area is 156 Å². The molecule has 0 radical (unpaired) electrons. The summed E-state index contributed by atoms with van der Waals surface area (Å²) >= 11 is 0. The largest absolute Gasteiger partial charge is 0.452 e. The second-order valence-electron chi connectivity index (χ2n) is 6.23.